The zero-order valence-electron chi connectivity index (χ0n) is 16.4. The summed E-state index contributed by atoms with van der Waals surface area (Å²) in [5, 5.41) is 24.9. The highest BCUT2D eigenvalue weighted by Gasteiger charge is 2.29. The average Bonchev–Trinajstić information content (AvgIpc) is 3.13. The zero-order valence-corrected chi connectivity index (χ0v) is 16.4. The van der Waals surface area contributed by atoms with E-state index in [0.29, 0.717) is 24.3 Å². The lowest BCUT2D eigenvalue weighted by Crippen LogP contribution is -2.36. The van der Waals surface area contributed by atoms with Crippen molar-refractivity contribution >= 4 is 5.91 Å². The summed E-state index contributed by atoms with van der Waals surface area (Å²) < 4.78 is 7.52. The first-order chi connectivity index (χ1) is 13.9. The van der Waals surface area contributed by atoms with E-state index >= 15 is 0 Å². The highest BCUT2D eigenvalue weighted by molar-refractivity contribution is 6.00. The molecule has 0 radical (unpaired) electrons. The number of carbonyl (C=O) groups excluding carboxylic acids is 1. The molecule has 0 spiro atoms. The van der Waals surface area contributed by atoms with Crippen molar-refractivity contribution in [2.24, 2.45) is 7.05 Å². The first-order valence-electron chi connectivity index (χ1n) is 9.47. The van der Waals surface area contributed by atoms with Crippen molar-refractivity contribution in [1.29, 1.82) is 0 Å². The van der Waals surface area contributed by atoms with Crippen LogP contribution in [0, 0.1) is 6.92 Å². The first-order valence-corrected chi connectivity index (χ1v) is 9.47. The molecular weight excluding hydrogens is 370 g/mol. The Morgan fingerprint density at radius 2 is 1.93 bits per heavy atom. The standard InChI is InChI=1S/C22H23N3O4/c1-14-18(26)11-19(27)20(21(14)29-13-17-8-9-24(2)23-17)22(28)25-10-7-15-5-3-4-6-16(15)12-25/h3-6,8-9,11,26-27H,7,10,12-13H2,1-2H3. The van der Waals surface area contributed by atoms with Crippen LogP contribution in [0.5, 0.6) is 17.2 Å². The minimum absolute atomic E-state index is 0.0654. The highest BCUT2D eigenvalue weighted by atomic mass is 16.5. The van der Waals surface area contributed by atoms with Gasteiger partial charge in [-0.25, -0.2) is 0 Å². The van der Waals surface area contributed by atoms with Crippen LogP contribution < -0.4 is 4.74 Å². The molecule has 0 atom stereocenters. The summed E-state index contributed by atoms with van der Waals surface area (Å²) in [5.74, 6) is -0.569. The van der Waals surface area contributed by atoms with Crippen molar-refractivity contribution in [1.82, 2.24) is 14.7 Å². The van der Waals surface area contributed by atoms with E-state index in [2.05, 4.69) is 11.2 Å². The summed E-state index contributed by atoms with van der Waals surface area (Å²) in [5.41, 5.74) is 3.47. The molecule has 2 heterocycles. The number of hydrogen-bond acceptors (Lipinski definition) is 5. The summed E-state index contributed by atoms with van der Waals surface area (Å²) in [6.45, 7) is 2.79. The molecule has 7 nitrogen and oxygen atoms in total. The van der Waals surface area contributed by atoms with Crippen LogP contribution in [0.25, 0.3) is 0 Å². The molecule has 1 amide bonds. The van der Waals surface area contributed by atoms with Crippen LogP contribution in [0.4, 0.5) is 0 Å². The number of fused-ring (bicyclic) bond motifs is 1. The van der Waals surface area contributed by atoms with Gasteiger partial charge >= 0.3 is 0 Å². The van der Waals surface area contributed by atoms with Gasteiger partial charge in [-0.15, -0.1) is 0 Å². The van der Waals surface area contributed by atoms with Crippen molar-refractivity contribution < 1.29 is 19.7 Å². The molecule has 3 aromatic rings. The van der Waals surface area contributed by atoms with Crippen LogP contribution in [0.2, 0.25) is 0 Å². The average molecular weight is 393 g/mol. The van der Waals surface area contributed by atoms with Crippen molar-refractivity contribution in [2.45, 2.75) is 26.5 Å². The first kappa shape index (κ1) is 18.9. The van der Waals surface area contributed by atoms with Gasteiger partial charge in [-0.05, 0) is 30.5 Å². The van der Waals surface area contributed by atoms with Gasteiger partial charge in [0.1, 0.15) is 29.4 Å². The van der Waals surface area contributed by atoms with Crippen molar-refractivity contribution in [3.05, 3.63) is 70.5 Å². The van der Waals surface area contributed by atoms with Crippen molar-refractivity contribution in [2.75, 3.05) is 6.54 Å². The summed E-state index contributed by atoms with van der Waals surface area (Å²) in [6, 6.07) is 11.0. The molecule has 2 N–H and O–H groups in total. The number of benzene rings is 2. The number of carbonyl (C=O) groups is 1. The van der Waals surface area contributed by atoms with E-state index in [9.17, 15) is 15.0 Å². The Morgan fingerprint density at radius 1 is 1.17 bits per heavy atom. The topological polar surface area (TPSA) is 87.8 Å². The van der Waals surface area contributed by atoms with Gasteiger partial charge < -0.3 is 19.8 Å². The molecule has 0 unspecified atom stereocenters. The van der Waals surface area contributed by atoms with Gasteiger partial charge in [0, 0.05) is 38.0 Å². The monoisotopic (exact) mass is 393 g/mol. The molecule has 0 fully saturated rings. The van der Waals surface area contributed by atoms with E-state index in [1.807, 2.05) is 18.2 Å². The van der Waals surface area contributed by atoms with Crippen LogP contribution >= 0.6 is 0 Å². The largest absolute Gasteiger partial charge is 0.507 e. The Bertz CT molecular complexity index is 1070. The Hall–Kier alpha value is -3.48. The fourth-order valence-electron chi connectivity index (χ4n) is 3.63. The Morgan fingerprint density at radius 3 is 2.66 bits per heavy atom. The lowest BCUT2D eigenvalue weighted by molar-refractivity contribution is 0.0726. The third-order valence-electron chi connectivity index (χ3n) is 5.25. The zero-order chi connectivity index (χ0) is 20.5. The maximum Gasteiger partial charge on any atom is 0.261 e. The van der Waals surface area contributed by atoms with Crippen LogP contribution in [0.15, 0.2) is 42.6 Å². The normalized spacial score (nSPS) is 13.2. The van der Waals surface area contributed by atoms with Crippen LogP contribution in [-0.4, -0.2) is 37.3 Å². The second kappa shape index (κ2) is 7.50. The minimum atomic E-state index is -0.323. The molecule has 1 aliphatic heterocycles. The van der Waals surface area contributed by atoms with Crippen LogP contribution in [0.3, 0.4) is 0 Å². The highest BCUT2D eigenvalue weighted by Crippen LogP contribution is 2.39. The number of aryl methyl sites for hydroxylation is 1. The molecule has 150 valence electrons. The van der Waals surface area contributed by atoms with E-state index in [4.69, 9.17) is 4.74 Å². The van der Waals surface area contributed by atoms with E-state index in [1.54, 1.807) is 35.8 Å². The van der Waals surface area contributed by atoms with E-state index in [0.717, 1.165) is 12.0 Å². The van der Waals surface area contributed by atoms with Gasteiger partial charge in [0.25, 0.3) is 5.91 Å². The van der Waals surface area contributed by atoms with Crippen molar-refractivity contribution in [3.8, 4) is 17.2 Å². The predicted octanol–water partition coefficient (Wildman–Crippen LogP) is 2.92. The summed E-state index contributed by atoms with van der Waals surface area (Å²) >= 11 is 0. The third kappa shape index (κ3) is 3.63. The molecule has 0 bridgehead atoms. The van der Waals surface area contributed by atoms with Crippen LogP contribution in [0.1, 0.15) is 32.7 Å². The lowest BCUT2D eigenvalue weighted by Gasteiger charge is -2.30. The van der Waals surface area contributed by atoms with Crippen molar-refractivity contribution in [3.63, 3.8) is 0 Å². The third-order valence-corrected chi connectivity index (χ3v) is 5.25. The maximum absolute atomic E-state index is 13.3. The molecule has 0 saturated carbocycles. The molecule has 0 saturated heterocycles. The molecular formula is C22H23N3O4. The molecule has 7 heteroatoms. The Labute approximate surface area is 168 Å². The number of nitrogens with zero attached hydrogens (tertiary/aromatic N) is 3. The van der Waals surface area contributed by atoms with E-state index in [-0.39, 0.29) is 35.3 Å². The second-order valence-electron chi connectivity index (χ2n) is 7.26. The number of aromatic hydroxyl groups is 2. The van der Waals surface area contributed by atoms with Gasteiger partial charge in [-0.3, -0.25) is 9.48 Å². The lowest BCUT2D eigenvalue weighted by atomic mass is 9.98. The minimum Gasteiger partial charge on any atom is -0.507 e. The molecule has 1 aliphatic rings. The molecule has 0 aliphatic carbocycles. The fraction of sp³-hybridized carbons (Fsp3) is 0.273. The quantitative estimate of drug-likeness (QED) is 0.712. The van der Waals surface area contributed by atoms with Gasteiger partial charge in [0.2, 0.25) is 0 Å². The number of amides is 1. The maximum atomic E-state index is 13.3. The summed E-state index contributed by atoms with van der Waals surface area (Å²) in [7, 11) is 1.80. The van der Waals surface area contributed by atoms with Gasteiger partial charge in [0.05, 0.1) is 5.69 Å². The number of phenols is 2. The van der Waals surface area contributed by atoms with Gasteiger partial charge in [0.15, 0.2) is 0 Å². The van der Waals surface area contributed by atoms with Crippen LogP contribution in [-0.2, 0) is 26.6 Å². The number of hydrogen-bond donors (Lipinski definition) is 2. The smallest absolute Gasteiger partial charge is 0.261 e. The second-order valence-corrected chi connectivity index (χ2v) is 7.26. The van der Waals surface area contributed by atoms with E-state index < -0.39 is 0 Å². The fourth-order valence-corrected chi connectivity index (χ4v) is 3.63. The predicted molar refractivity (Wildman–Crippen MR) is 107 cm³/mol. The summed E-state index contributed by atoms with van der Waals surface area (Å²) in [4.78, 5) is 15.0. The number of phenolic OH excluding ortho intramolecular Hbond substituents is 2. The van der Waals surface area contributed by atoms with E-state index in [1.165, 1.54) is 11.6 Å². The molecule has 2 aromatic carbocycles. The molecule has 4 rings (SSSR count). The molecule has 1 aromatic heterocycles. The molecule has 29 heavy (non-hydrogen) atoms. The Balaban J connectivity index is 1.65. The Kier molecular flexibility index (Phi) is 4.88. The SMILES string of the molecule is Cc1c(O)cc(O)c(C(=O)N2CCc3ccccc3C2)c1OCc1ccn(C)n1. The van der Waals surface area contributed by atoms with Gasteiger partial charge in [-0.1, -0.05) is 24.3 Å². The summed E-state index contributed by atoms with van der Waals surface area (Å²) in [6.07, 6.45) is 2.55. The number of rotatable bonds is 4. The number of ether oxygens (including phenoxy) is 1. The number of aromatic nitrogens is 2. The van der Waals surface area contributed by atoms with Gasteiger partial charge in [-0.2, -0.15) is 5.10 Å².